The molecule has 0 atom stereocenters. The summed E-state index contributed by atoms with van der Waals surface area (Å²) in [7, 11) is 1.92. The maximum Gasteiger partial charge on any atom is 0.319 e. The van der Waals surface area contributed by atoms with Crippen molar-refractivity contribution in [2.75, 3.05) is 25.5 Å². The number of benzene rings is 1. The summed E-state index contributed by atoms with van der Waals surface area (Å²) in [5, 5.41) is 5.47. The maximum atomic E-state index is 14.9. The quantitative estimate of drug-likeness (QED) is 0.230. The summed E-state index contributed by atoms with van der Waals surface area (Å²) in [6, 6.07) is 12.4. The van der Waals surface area contributed by atoms with Crippen molar-refractivity contribution in [3.8, 4) is 22.1 Å². The summed E-state index contributed by atoms with van der Waals surface area (Å²) in [6.45, 7) is 4.64. The van der Waals surface area contributed by atoms with E-state index in [0.717, 1.165) is 71.7 Å². The van der Waals surface area contributed by atoms with Crippen LogP contribution < -0.4 is 15.4 Å². The van der Waals surface area contributed by atoms with Gasteiger partial charge in [0.2, 0.25) is 5.91 Å². The molecule has 1 aromatic carbocycles. The highest BCUT2D eigenvalue weighted by molar-refractivity contribution is 7.22. The average molecular weight is 603 g/mol. The largest absolute Gasteiger partial charge is 0.453 e. The fraction of sp³-hybridized carbons (Fsp3) is 0.375. The SMILES string of the molecule is CCC(=O)N(C)C1CCN(Cc2ccc(-c3cc4nccc(Oc5ccc(NC(=O)NC6CC6)cc5F)c4s3)nc2)CC1. The van der Waals surface area contributed by atoms with Crippen molar-refractivity contribution in [3.63, 3.8) is 0 Å². The molecule has 3 aromatic heterocycles. The Morgan fingerprint density at radius 3 is 2.58 bits per heavy atom. The van der Waals surface area contributed by atoms with Crippen LogP contribution in [-0.2, 0) is 11.3 Å². The number of hydrogen-bond acceptors (Lipinski definition) is 7. The number of nitrogens with one attached hydrogen (secondary N) is 2. The van der Waals surface area contributed by atoms with Crippen LogP contribution in [0, 0.1) is 5.82 Å². The smallest absolute Gasteiger partial charge is 0.319 e. The van der Waals surface area contributed by atoms with E-state index in [1.165, 1.54) is 23.5 Å². The zero-order chi connectivity index (χ0) is 29.9. The van der Waals surface area contributed by atoms with E-state index in [1.54, 1.807) is 18.3 Å². The molecule has 2 N–H and O–H groups in total. The van der Waals surface area contributed by atoms with Crippen molar-refractivity contribution in [1.82, 2.24) is 25.1 Å². The number of fused-ring (bicyclic) bond motifs is 1. The van der Waals surface area contributed by atoms with E-state index >= 15 is 0 Å². The molecule has 6 rings (SSSR count). The molecule has 4 heterocycles. The molecule has 1 saturated carbocycles. The van der Waals surface area contributed by atoms with Gasteiger partial charge in [0.05, 0.1) is 20.8 Å². The lowest BCUT2D eigenvalue weighted by molar-refractivity contribution is -0.132. The van der Waals surface area contributed by atoms with Crippen LogP contribution in [-0.4, -0.2) is 63.9 Å². The van der Waals surface area contributed by atoms with Gasteiger partial charge in [-0.05, 0) is 55.5 Å². The Morgan fingerprint density at radius 2 is 1.88 bits per heavy atom. The third-order valence-electron chi connectivity index (χ3n) is 7.98. The molecule has 0 spiro atoms. The fourth-order valence-corrected chi connectivity index (χ4v) is 6.36. The van der Waals surface area contributed by atoms with Crippen LogP contribution in [0.25, 0.3) is 20.8 Å². The molecule has 3 amide bonds. The lowest BCUT2D eigenvalue weighted by Gasteiger charge is -2.36. The highest BCUT2D eigenvalue weighted by Gasteiger charge is 2.25. The van der Waals surface area contributed by atoms with E-state index in [-0.39, 0.29) is 23.7 Å². The van der Waals surface area contributed by atoms with Gasteiger partial charge >= 0.3 is 6.03 Å². The Morgan fingerprint density at radius 1 is 1.07 bits per heavy atom. The summed E-state index contributed by atoms with van der Waals surface area (Å²) >= 11 is 1.49. The van der Waals surface area contributed by atoms with Gasteiger partial charge in [0, 0.05) is 75.4 Å². The van der Waals surface area contributed by atoms with E-state index in [9.17, 15) is 14.0 Å². The van der Waals surface area contributed by atoms with Gasteiger partial charge < -0.3 is 20.3 Å². The number of aromatic nitrogens is 2. The number of amides is 3. The van der Waals surface area contributed by atoms with Crippen LogP contribution in [0.3, 0.4) is 0 Å². The molecule has 4 aromatic rings. The zero-order valence-corrected chi connectivity index (χ0v) is 25.1. The van der Waals surface area contributed by atoms with Crippen molar-refractivity contribution >= 4 is 39.2 Å². The second kappa shape index (κ2) is 12.6. The zero-order valence-electron chi connectivity index (χ0n) is 24.3. The first-order valence-electron chi connectivity index (χ1n) is 14.7. The number of carbonyl (C=O) groups is 2. The molecule has 11 heteroatoms. The number of urea groups is 1. The van der Waals surface area contributed by atoms with E-state index in [4.69, 9.17) is 9.72 Å². The Balaban J connectivity index is 1.09. The van der Waals surface area contributed by atoms with Gasteiger partial charge in [-0.15, -0.1) is 11.3 Å². The normalized spacial score (nSPS) is 15.8. The van der Waals surface area contributed by atoms with Gasteiger partial charge in [-0.25, -0.2) is 9.18 Å². The number of rotatable bonds is 9. The lowest BCUT2D eigenvalue weighted by atomic mass is 10.0. The number of pyridine rings is 2. The molecule has 224 valence electrons. The number of halogens is 1. The van der Waals surface area contributed by atoms with E-state index in [2.05, 4.69) is 26.6 Å². The van der Waals surface area contributed by atoms with Crippen LogP contribution in [0.15, 0.2) is 54.9 Å². The monoisotopic (exact) mass is 602 g/mol. The number of likely N-dealkylation sites (tertiary alicyclic amines) is 1. The van der Waals surface area contributed by atoms with Crippen LogP contribution in [0.1, 0.15) is 44.6 Å². The Labute approximate surface area is 254 Å². The standard InChI is InChI=1S/C32H35FN6O3S/c1-3-30(40)38(2)23-11-14-39(15-12-23)19-20-4-8-25(35-18-20)29-17-26-31(43-29)28(10-13-34-26)42-27-9-7-22(16-24(27)33)37-32(41)36-21-5-6-21/h4,7-10,13,16-18,21,23H,3,5-6,11-12,14-15,19H2,1-2H3,(H2,36,37,41). The Kier molecular flexibility index (Phi) is 8.53. The van der Waals surface area contributed by atoms with Crippen molar-refractivity contribution in [1.29, 1.82) is 0 Å². The van der Waals surface area contributed by atoms with Gasteiger partial charge in [-0.2, -0.15) is 0 Å². The molecule has 1 aliphatic carbocycles. The van der Waals surface area contributed by atoms with Crippen LogP contribution in [0.2, 0.25) is 0 Å². The predicted molar refractivity (Wildman–Crippen MR) is 166 cm³/mol. The first-order chi connectivity index (χ1) is 20.9. The van der Waals surface area contributed by atoms with Gasteiger partial charge in [0.1, 0.15) is 5.75 Å². The number of nitrogens with zero attached hydrogens (tertiary/aromatic N) is 4. The summed E-state index contributed by atoms with van der Waals surface area (Å²) in [6.07, 6.45) is 8.02. The van der Waals surface area contributed by atoms with E-state index in [0.29, 0.717) is 23.9 Å². The second-order valence-electron chi connectivity index (χ2n) is 11.2. The van der Waals surface area contributed by atoms with Gasteiger partial charge in [0.15, 0.2) is 11.6 Å². The molecule has 1 saturated heterocycles. The van der Waals surface area contributed by atoms with Crippen molar-refractivity contribution in [3.05, 3.63) is 66.2 Å². The number of piperidine rings is 1. The molecule has 0 bridgehead atoms. The molecule has 1 aliphatic heterocycles. The molecule has 0 unspecified atom stereocenters. The molecular formula is C32H35FN6O3S. The number of carbonyl (C=O) groups excluding carboxylic acids is 2. The maximum absolute atomic E-state index is 14.9. The van der Waals surface area contributed by atoms with Gasteiger partial charge in [0.25, 0.3) is 0 Å². The molecule has 0 radical (unpaired) electrons. The minimum Gasteiger partial charge on any atom is -0.453 e. The van der Waals surface area contributed by atoms with Crippen LogP contribution in [0.5, 0.6) is 11.5 Å². The summed E-state index contributed by atoms with van der Waals surface area (Å²) in [4.78, 5) is 38.5. The number of thiophene rings is 1. The van der Waals surface area contributed by atoms with E-state index in [1.807, 2.05) is 37.2 Å². The molecule has 9 nitrogen and oxygen atoms in total. The Bertz CT molecular complexity index is 1620. The molecular weight excluding hydrogens is 567 g/mol. The van der Waals surface area contributed by atoms with Gasteiger partial charge in [-0.1, -0.05) is 13.0 Å². The third-order valence-corrected chi connectivity index (χ3v) is 9.14. The third kappa shape index (κ3) is 6.94. The Hall–Kier alpha value is -4.09. The fourth-order valence-electron chi connectivity index (χ4n) is 5.32. The summed E-state index contributed by atoms with van der Waals surface area (Å²) < 4.78 is 21.7. The minimum absolute atomic E-state index is 0.0609. The first-order valence-corrected chi connectivity index (χ1v) is 15.5. The first kappa shape index (κ1) is 29.0. The average Bonchev–Trinajstić information content (AvgIpc) is 3.72. The summed E-state index contributed by atoms with van der Waals surface area (Å²) in [5.74, 6) is 0.191. The van der Waals surface area contributed by atoms with Crippen molar-refractivity contribution < 1.29 is 18.7 Å². The number of hydrogen-bond donors (Lipinski definition) is 2. The molecule has 2 aliphatic rings. The highest BCUT2D eigenvalue weighted by Crippen LogP contribution is 2.39. The van der Waals surface area contributed by atoms with Crippen molar-refractivity contribution in [2.45, 2.75) is 57.7 Å². The lowest BCUT2D eigenvalue weighted by Crippen LogP contribution is -2.45. The number of anilines is 1. The molecule has 2 fully saturated rings. The summed E-state index contributed by atoms with van der Waals surface area (Å²) in [5.41, 5.74) is 3.08. The van der Waals surface area contributed by atoms with Crippen molar-refractivity contribution in [2.24, 2.45) is 0 Å². The second-order valence-corrected chi connectivity index (χ2v) is 12.2. The molecule has 43 heavy (non-hydrogen) atoms. The minimum atomic E-state index is -0.575. The highest BCUT2D eigenvalue weighted by atomic mass is 32.1. The van der Waals surface area contributed by atoms with Crippen LogP contribution >= 0.6 is 11.3 Å². The topological polar surface area (TPSA) is 99.7 Å². The predicted octanol–water partition coefficient (Wildman–Crippen LogP) is 6.41. The van der Waals surface area contributed by atoms with E-state index < -0.39 is 5.82 Å². The van der Waals surface area contributed by atoms with Crippen LogP contribution in [0.4, 0.5) is 14.9 Å². The van der Waals surface area contributed by atoms with Gasteiger partial charge in [-0.3, -0.25) is 19.7 Å². The number of ether oxygens (including phenoxy) is 1.